The van der Waals surface area contributed by atoms with E-state index in [9.17, 15) is 27.6 Å². The number of rotatable bonds is 7. The number of nitrogens with zero attached hydrogens (tertiary/aromatic N) is 3. The largest absolute Gasteiger partial charge is 0.419 e. The Hall–Kier alpha value is -3.90. The van der Waals surface area contributed by atoms with Gasteiger partial charge >= 0.3 is 12.2 Å². The molecule has 1 aliphatic heterocycles. The fourth-order valence-corrected chi connectivity index (χ4v) is 4.86. The molecule has 1 heterocycles. The summed E-state index contributed by atoms with van der Waals surface area (Å²) >= 11 is 0. The first-order valence-electron chi connectivity index (χ1n) is 13.0. The van der Waals surface area contributed by atoms with E-state index in [2.05, 4.69) is 23.2 Å². The first-order chi connectivity index (χ1) is 18.7. The van der Waals surface area contributed by atoms with Crippen molar-refractivity contribution in [3.63, 3.8) is 0 Å². The average Bonchev–Trinajstić information content (AvgIpc) is 2.94. The van der Waals surface area contributed by atoms with Crippen LogP contribution < -0.4 is 10.2 Å². The normalized spacial score (nSPS) is 14.6. The van der Waals surface area contributed by atoms with Gasteiger partial charge in [-0.15, -0.1) is 0 Å². The molecule has 0 bridgehead atoms. The topological polar surface area (TPSA) is 59.4 Å². The molecular weight excluding hydrogens is 508 g/mol. The second-order valence-electron chi connectivity index (χ2n) is 9.68. The molecule has 5 nitrogen and oxygen atoms in total. The summed E-state index contributed by atoms with van der Waals surface area (Å²) in [7, 11) is 0. The smallest absolute Gasteiger partial charge is 0.308 e. The molecule has 39 heavy (non-hydrogen) atoms. The quantitative estimate of drug-likeness (QED) is 0.316. The summed E-state index contributed by atoms with van der Waals surface area (Å²) in [5, 5.41) is 11.7. The van der Waals surface area contributed by atoms with E-state index in [4.69, 9.17) is 0 Å². The third kappa shape index (κ3) is 7.15. The lowest BCUT2D eigenvalue weighted by atomic mass is 9.93. The SMILES string of the molecule is CCN1CCC(CCN(C(=O)Nc2ccc(F)c(C(F)(F)F)c2)c2ccc(-c3cccc(C#N)c3)cc2)CC1. The summed E-state index contributed by atoms with van der Waals surface area (Å²) in [4.78, 5) is 17.3. The van der Waals surface area contributed by atoms with Gasteiger partial charge < -0.3 is 10.2 Å². The minimum Gasteiger partial charge on any atom is -0.308 e. The molecule has 2 amide bonds. The molecule has 9 heteroatoms. The van der Waals surface area contributed by atoms with E-state index in [0.717, 1.165) is 56.1 Å². The number of nitriles is 1. The number of benzene rings is 3. The summed E-state index contributed by atoms with van der Waals surface area (Å²) in [5.41, 5.74) is 1.25. The van der Waals surface area contributed by atoms with Crippen molar-refractivity contribution in [2.45, 2.75) is 32.4 Å². The minimum atomic E-state index is -4.88. The Balaban J connectivity index is 1.56. The van der Waals surface area contributed by atoms with E-state index in [1.54, 1.807) is 30.3 Å². The van der Waals surface area contributed by atoms with Crippen LogP contribution in [0.25, 0.3) is 11.1 Å². The van der Waals surface area contributed by atoms with Gasteiger partial charge in [0.25, 0.3) is 0 Å². The van der Waals surface area contributed by atoms with Gasteiger partial charge in [-0.1, -0.05) is 31.2 Å². The number of nitrogens with one attached hydrogen (secondary N) is 1. The van der Waals surface area contributed by atoms with Crippen molar-refractivity contribution in [3.8, 4) is 17.2 Å². The van der Waals surface area contributed by atoms with Crippen LogP contribution in [0, 0.1) is 23.1 Å². The van der Waals surface area contributed by atoms with Crippen LogP contribution in [0.15, 0.2) is 66.7 Å². The maximum Gasteiger partial charge on any atom is 0.419 e. The highest BCUT2D eigenvalue weighted by molar-refractivity contribution is 6.02. The predicted molar refractivity (Wildman–Crippen MR) is 144 cm³/mol. The molecule has 0 spiro atoms. The second-order valence-corrected chi connectivity index (χ2v) is 9.68. The van der Waals surface area contributed by atoms with Crippen molar-refractivity contribution < 1.29 is 22.4 Å². The van der Waals surface area contributed by atoms with Crippen molar-refractivity contribution in [3.05, 3.63) is 83.7 Å². The number of likely N-dealkylation sites (tertiary alicyclic amines) is 1. The molecular formula is C30H30F4N4O. The van der Waals surface area contributed by atoms with E-state index < -0.39 is 23.6 Å². The number of hydrogen-bond acceptors (Lipinski definition) is 3. The second kappa shape index (κ2) is 12.3. The first kappa shape index (κ1) is 28.1. The number of piperidine rings is 1. The van der Waals surface area contributed by atoms with Crippen molar-refractivity contribution in [1.29, 1.82) is 5.26 Å². The highest BCUT2D eigenvalue weighted by Gasteiger charge is 2.34. The predicted octanol–water partition coefficient (Wildman–Crippen LogP) is 7.54. The molecule has 0 atom stereocenters. The summed E-state index contributed by atoms with van der Waals surface area (Å²) < 4.78 is 53.4. The zero-order valence-electron chi connectivity index (χ0n) is 21.6. The Morgan fingerprint density at radius 2 is 1.77 bits per heavy atom. The fraction of sp³-hybridized carbons (Fsp3) is 0.333. The fourth-order valence-electron chi connectivity index (χ4n) is 4.86. The van der Waals surface area contributed by atoms with Gasteiger partial charge in [-0.2, -0.15) is 18.4 Å². The number of carbonyl (C=O) groups excluding carboxylic acids is 1. The molecule has 3 aromatic rings. The number of carbonyl (C=O) groups is 1. The number of hydrogen-bond donors (Lipinski definition) is 1. The summed E-state index contributed by atoms with van der Waals surface area (Å²) in [6.07, 6.45) is -2.10. The van der Waals surface area contributed by atoms with Crippen LogP contribution in [0.2, 0.25) is 0 Å². The summed E-state index contributed by atoms with van der Waals surface area (Å²) in [6, 6.07) is 18.4. The van der Waals surface area contributed by atoms with Crippen molar-refractivity contribution in [2.75, 3.05) is 36.4 Å². The van der Waals surface area contributed by atoms with Crippen LogP contribution in [0.4, 0.5) is 33.7 Å². The number of urea groups is 1. The molecule has 0 aliphatic carbocycles. The molecule has 1 saturated heterocycles. The molecule has 0 saturated carbocycles. The Bertz CT molecular complexity index is 1330. The van der Waals surface area contributed by atoms with Gasteiger partial charge in [-0.3, -0.25) is 4.90 Å². The maximum atomic E-state index is 13.8. The maximum absolute atomic E-state index is 13.8. The molecule has 4 rings (SSSR count). The molecule has 3 aromatic carbocycles. The number of amides is 2. The van der Waals surface area contributed by atoms with E-state index >= 15 is 0 Å². The van der Waals surface area contributed by atoms with Crippen LogP contribution in [0.5, 0.6) is 0 Å². The highest BCUT2D eigenvalue weighted by atomic mass is 19.4. The van der Waals surface area contributed by atoms with E-state index in [1.165, 1.54) is 4.90 Å². The average molecular weight is 539 g/mol. The minimum absolute atomic E-state index is 0.139. The third-order valence-corrected chi connectivity index (χ3v) is 7.19. The zero-order chi connectivity index (χ0) is 28.0. The van der Waals surface area contributed by atoms with Crippen LogP contribution >= 0.6 is 0 Å². The molecule has 204 valence electrons. The van der Waals surface area contributed by atoms with Gasteiger partial charge in [0, 0.05) is 17.9 Å². The number of alkyl halides is 3. The van der Waals surface area contributed by atoms with Crippen molar-refractivity contribution in [2.24, 2.45) is 5.92 Å². The summed E-state index contributed by atoms with van der Waals surface area (Å²) in [5.74, 6) is -0.967. The third-order valence-electron chi connectivity index (χ3n) is 7.19. The van der Waals surface area contributed by atoms with E-state index in [-0.39, 0.29) is 5.69 Å². The molecule has 0 aromatic heterocycles. The van der Waals surface area contributed by atoms with Crippen LogP contribution in [-0.4, -0.2) is 37.1 Å². The van der Waals surface area contributed by atoms with Gasteiger partial charge in [0.2, 0.25) is 0 Å². The zero-order valence-corrected chi connectivity index (χ0v) is 21.6. The van der Waals surface area contributed by atoms with Gasteiger partial charge in [-0.05, 0) is 98.4 Å². The Labute approximate surface area is 225 Å². The van der Waals surface area contributed by atoms with Gasteiger partial charge in [-0.25, -0.2) is 9.18 Å². The Morgan fingerprint density at radius 3 is 2.41 bits per heavy atom. The summed E-state index contributed by atoms with van der Waals surface area (Å²) in [6.45, 7) is 5.51. The molecule has 0 unspecified atom stereocenters. The first-order valence-corrected chi connectivity index (χ1v) is 13.0. The highest BCUT2D eigenvalue weighted by Crippen LogP contribution is 2.33. The molecule has 1 N–H and O–H groups in total. The molecule has 1 aliphatic rings. The van der Waals surface area contributed by atoms with Crippen molar-refractivity contribution >= 4 is 17.4 Å². The van der Waals surface area contributed by atoms with Crippen LogP contribution in [0.3, 0.4) is 0 Å². The number of anilines is 2. The van der Waals surface area contributed by atoms with Gasteiger partial charge in [0.15, 0.2) is 0 Å². The number of halogens is 4. The van der Waals surface area contributed by atoms with Crippen LogP contribution in [-0.2, 0) is 6.18 Å². The van der Waals surface area contributed by atoms with Crippen LogP contribution in [0.1, 0.15) is 37.3 Å². The standard InChI is InChI=1S/C30H30F4N4O/c1-2-37-15-12-21(13-16-37)14-17-38(29(39)36-25-8-11-28(31)27(19-25)30(32,33)34)26-9-6-23(7-10-26)24-5-3-4-22(18-24)20-35/h3-11,18-19,21H,2,12-17H2,1H3,(H,36,39). The lowest BCUT2D eigenvalue weighted by Gasteiger charge is -2.32. The van der Waals surface area contributed by atoms with Crippen molar-refractivity contribution in [1.82, 2.24) is 4.90 Å². The Morgan fingerprint density at radius 1 is 1.05 bits per heavy atom. The lowest BCUT2D eigenvalue weighted by molar-refractivity contribution is -0.139. The lowest BCUT2D eigenvalue weighted by Crippen LogP contribution is -2.38. The van der Waals surface area contributed by atoms with Gasteiger partial charge in [0.05, 0.1) is 17.2 Å². The Kier molecular flexibility index (Phi) is 8.87. The van der Waals surface area contributed by atoms with Gasteiger partial charge in [0.1, 0.15) is 5.82 Å². The van der Waals surface area contributed by atoms with E-state index in [1.807, 2.05) is 18.2 Å². The monoisotopic (exact) mass is 538 g/mol. The molecule has 1 fully saturated rings. The van der Waals surface area contributed by atoms with E-state index in [0.29, 0.717) is 35.8 Å². The molecule has 0 radical (unpaired) electrons.